The lowest BCUT2D eigenvalue weighted by atomic mass is 9.79. The van der Waals surface area contributed by atoms with E-state index in [-0.39, 0.29) is 17.7 Å². The SMILES string of the molecule is CCCCCCCCCCCCCCCCCC(=O)NC[C@@H]1CCCC[C@@H]1C(=O)O. The van der Waals surface area contributed by atoms with E-state index in [9.17, 15) is 14.7 Å². The first-order valence-electron chi connectivity index (χ1n) is 13.1. The van der Waals surface area contributed by atoms with Crippen LogP contribution in [0, 0.1) is 11.8 Å². The molecule has 2 atom stereocenters. The summed E-state index contributed by atoms with van der Waals surface area (Å²) in [6.07, 6.45) is 24.3. The van der Waals surface area contributed by atoms with Gasteiger partial charge >= 0.3 is 5.97 Å². The normalized spacial score (nSPS) is 19.0. The number of carboxylic acids is 1. The maximum atomic E-state index is 12.0. The zero-order chi connectivity index (χ0) is 21.9. The summed E-state index contributed by atoms with van der Waals surface area (Å²) in [5.41, 5.74) is 0. The van der Waals surface area contributed by atoms with Gasteiger partial charge in [-0.3, -0.25) is 9.59 Å². The van der Waals surface area contributed by atoms with Crippen molar-refractivity contribution in [2.45, 2.75) is 135 Å². The molecule has 4 heteroatoms. The maximum absolute atomic E-state index is 12.0. The Hall–Kier alpha value is -1.06. The molecule has 1 fully saturated rings. The summed E-state index contributed by atoms with van der Waals surface area (Å²) in [5, 5.41) is 12.3. The highest BCUT2D eigenvalue weighted by atomic mass is 16.4. The predicted octanol–water partition coefficient (Wildman–Crippen LogP) is 7.26. The van der Waals surface area contributed by atoms with Crippen LogP contribution in [0.25, 0.3) is 0 Å². The zero-order valence-electron chi connectivity index (χ0n) is 19.8. The van der Waals surface area contributed by atoms with Crippen LogP contribution in [-0.2, 0) is 9.59 Å². The van der Waals surface area contributed by atoms with Gasteiger partial charge in [0.05, 0.1) is 5.92 Å². The molecule has 0 aliphatic heterocycles. The van der Waals surface area contributed by atoms with Crippen molar-refractivity contribution in [3.63, 3.8) is 0 Å². The molecule has 0 aromatic heterocycles. The van der Waals surface area contributed by atoms with Gasteiger partial charge < -0.3 is 10.4 Å². The van der Waals surface area contributed by atoms with E-state index in [0.29, 0.717) is 13.0 Å². The van der Waals surface area contributed by atoms with Crippen molar-refractivity contribution in [2.75, 3.05) is 6.54 Å². The summed E-state index contributed by atoms with van der Waals surface area (Å²) in [5.74, 6) is -0.762. The van der Waals surface area contributed by atoms with Crippen LogP contribution in [0.15, 0.2) is 0 Å². The quantitative estimate of drug-likeness (QED) is 0.215. The van der Waals surface area contributed by atoms with Crippen molar-refractivity contribution in [3.8, 4) is 0 Å². The molecule has 176 valence electrons. The third-order valence-corrected chi connectivity index (χ3v) is 6.80. The second-order valence-electron chi connectivity index (χ2n) is 9.49. The Bertz CT molecular complexity index is 438. The van der Waals surface area contributed by atoms with E-state index >= 15 is 0 Å². The molecule has 0 saturated heterocycles. The molecule has 2 N–H and O–H groups in total. The summed E-state index contributed by atoms with van der Waals surface area (Å²) < 4.78 is 0. The minimum Gasteiger partial charge on any atom is -0.481 e. The fourth-order valence-electron chi connectivity index (χ4n) is 4.77. The molecule has 0 bridgehead atoms. The Labute approximate surface area is 186 Å². The monoisotopic (exact) mass is 423 g/mol. The van der Waals surface area contributed by atoms with E-state index in [1.165, 1.54) is 83.5 Å². The molecule has 30 heavy (non-hydrogen) atoms. The van der Waals surface area contributed by atoms with E-state index in [0.717, 1.165) is 38.5 Å². The van der Waals surface area contributed by atoms with Gasteiger partial charge in [-0.25, -0.2) is 0 Å². The predicted molar refractivity (Wildman–Crippen MR) is 126 cm³/mol. The molecule has 0 spiro atoms. The van der Waals surface area contributed by atoms with Crippen molar-refractivity contribution in [2.24, 2.45) is 11.8 Å². The minimum atomic E-state index is -0.698. The number of rotatable bonds is 19. The van der Waals surface area contributed by atoms with Gasteiger partial charge in [-0.15, -0.1) is 0 Å². The van der Waals surface area contributed by atoms with Gasteiger partial charge in [0.1, 0.15) is 0 Å². The zero-order valence-corrected chi connectivity index (χ0v) is 19.8. The second-order valence-corrected chi connectivity index (χ2v) is 9.49. The minimum absolute atomic E-state index is 0.0967. The fourth-order valence-corrected chi connectivity index (χ4v) is 4.77. The molecule has 0 radical (unpaired) electrons. The highest BCUT2D eigenvalue weighted by Gasteiger charge is 2.30. The van der Waals surface area contributed by atoms with Crippen LogP contribution < -0.4 is 5.32 Å². The number of unbranched alkanes of at least 4 members (excludes halogenated alkanes) is 14. The molecule has 1 saturated carbocycles. The molecule has 0 heterocycles. The molecule has 0 aromatic rings. The number of hydrogen-bond donors (Lipinski definition) is 2. The summed E-state index contributed by atoms with van der Waals surface area (Å²) in [4.78, 5) is 23.4. The van der Waals surface area contributed by atoms with E-state index in [2.05, 4.69) is 12.2 Å². The summed E-state index contributed by atoms with van der Waals surface area (Å²) in [7, 11) is 0. The van der Waals surface area contributed by atoms with Crippen molar-refractivity contribution in [1.82, 2.24) is 5.32 Å². The van der Waals surface area contributed by atoms with E-state index in [1.807, 2.05) is 0 Å². The molecular weight excluding hydrogens is 374 g/mol. The van der Waals surface area contributed by atoms with E-state index in [4.69, 9.17) is 0 Å². The van der Waals surface area contributed by atoms with Crippen LogP contribution in [0.5, 0.6) is 0 Å². The smallest absolute Gasteiger partial charge is 0.306 e. The molecular formula is C26H49NO3. The number of amides is 1. The summed E-state index contributed by atoms with van der Waals surface area (Å²) in [6, 6.07) is 0. The van der Waals surface area contributed by atoms with Crippen LogP contribution in [0.2, 0.25) is 0 Å². The Balaban J connectivity index is 1.85. The highest BCUT2D eigenvalue weighted by Crippen LogP contribution is 2.29. The van der Waals surface area contributed by atoms with E-state index < -0.39 is 5.97 Å². The topological polar surface area (TPSA) is 66.4 Å². The van der Waals surface area contributed by atoms with Crippen molar-refractivity contribution in [1.29, 1.82) is 0 Å². The molecule has 4 nitrogen and oxygen atoms in total. The number of carbonyl (C=O) groups excluding carboxylic acids is 1. The standard InChI is InChI=1S/C26H49NO3/c1-2-3-4-5-6-7-8-9-10-11-12-13-14-15-16-21-25(28)27-22-23-19-17-18-20-24(23)26(29)30/h23-24H,2-22H2,1H3,(H,27,28)(H,29,30)/t23-,24-/m0/s1. The van der Waals surface area contributed by atoms with E-state index in [1.54, 1.807) is 0 Å². The van der Waals surface area contributed by atoms with Crippen LogP contribution in [0.4, 0.5) is 0 Å². The number of carboxylic acid groups (broad SMARTS) is 1. The van der Waals surface area contributed by atoms with Crippen LogP contribution in [-0.4, -0.2) is 23.5 Å². The molecule has 0 aromatic carbocycles. The first-order chi connectivity index (χ1) is 14.6. The van der Waals surface area contributed by atoms with Gasteiger partial charge in [0.15, 0.2) is 0 Å². The van der Waals surface area contributed by atoms with Gasteiger partial charge in [-0.05, 0) is 25.2 Å². The Morgan fingerprint density at radius 2 is 1.20 bits per heavy atom. The molecule has 1 aliphatic carbocycles. The lowest BCUT2D eigenvalue weighted by molar-refractivity contribution is -0.145. The van der Waals surface area contributed by atoms with Crippen LogP contribution in [0.3, 0.4) is 0 Å². The Morgan fingerprint density at radius 1 is 0.733 bits per heavy atom. The number of nitrogens with one attached hydrogen (secondary N) is 1. The molecule has 1 amide bonds. The Kier molecular flexibility index (Phi) is 16.8. The van der Waals surface area contributed by atoms with Crippen molar-refractivity contribution in [3.05, 3.63) is 0 Å². The third kappa shape index (κ3) is 14.0. The van der Waals surface area contributed by atoms with Crippen molar-refractivity contribution >= 4 is 11.9 Å². The first kappa shape index (κ1) is 27.0. The average Bonchev–Trinajstić information content (AvgIpc) is 2.75. The van der Waals surface area contributed by atoms with Crippen LogP contribution in [0.1, 0.15) is 135 Å². The van der Waals surface area contributed by atoms with Gasteiger partial charge in [-0.2, -0.15) is 0 Å². The molecule has 1 rings (SSSR count). The Morgan fingerprint density at radius 3 is 1.70 bits per heavy atom. The van der Waals surface area contributed by atoms with Gasteiger partial charge in [-0.1, -0.05) is 110 Å². The number of carbonyl (C=O) groups is 2. The first-order valence-corrected chi connectivity index (χ1v) is 13.1. The third-order valence-electron chi connectivity index (χ3n) is 6.80. The number of aliphatic carboxylic acids is 1. The van der Waals surface area contributed by atoms with Crippen LogP contribution >= 0.6 is 0 Å². The summed E-state index contributed by atoms with van der Waals surface area (Å²) >= 11 is 0. The second kappa shape index (κ2) is 18.7. The molecule has 0 unspecified atom stereocenters. The van der Waals surface area contributed by atoms with Gasteiger partial charge in [0, 0.05) is 13.0 Å². The highest BCUT2D eigenvalue weighted by molar-refractivity contribution is 5.76. The van der Waals surface area contributed by atoms with Gasteiger partial charge in [0.25, 0.3) is 0 Å². The fraction of sp³-hybridized carbons (Fsp3) is 0.923. The molecule has 1 aliphatic rings. The van der Waals surface area contributed by atoms with Crippen molar-refractivity contribution < 1.29 is 14.7 Å². The van der Waals surface area contributed by atoms with Gasteiger partial charge in [0.2, 0.25) is 5.91 Å². The summed E-state index contributed by atoms with van der Waals surface area (Å²) in [6.45, 7) is 2.81. The largest absolute Gasteiger partial charge is 0.481 e. The number of hydrogen-bond acceptors (Lipinski definition) is 2. The maximum Gasteiger partial charge on any atom is 0.306 e. The lowest BCUT2D eigenvalue weighted by Gasteiger charge is -2.28. The lowest BCUT2D eigenvalue weighted by Crippen LogP contribution is -2.37. The average molecular weight is 424 g/mol.